The van der Waals surface area contributed by atoms with E-state index in [9.17, 15) is 8.42 Å². The summed E-state index contributed by atoms with van der Waals surface area (Å²) >= 11 is 0. The molecule has 26 heavy (non-hydrogen) atoms. The van der Waals surface area contributed by atoms with Crippen molar-refractivity contribution >= 4 is 15.7 Å². The summed E-state index contributed by atoms with van der Waals surface area (Å²) < 4.78 is 36.2. The fourth-order valence-corrected chi connectivity index (χ4v) is 3.60. The molecule has 0 bridgehead atoms. The van der Waals surface area contributed by atoms with Crippen molar-refractivity contribution in [3.63, 3.8) is 0 Å². The van der Waals surface area contributed by atoms with Crippen molar-refractivity contribution in [2.75, 3.05) is 7.11 Å². The summed E-state index contributed by atoms with van der Waals surface area (Å²) in [5.74, 6) is 1.29. The van der Waals surface area contributed by atoms with Gasteiger partial charge in [-0.15, -0.1) is 0 Å². The predicted molar refractivity (Wildman–Crippen MR) is 100 cm³/mol. The minimum atomic E-state index is -3.73. The molecule has 2 aromatic carbocycles. The Bertz CT molecular complexity index is 948. The molecule has 0 aromatic heterocycles. The van der Waals surface area contributed by atoms with Crippen LogP contribution >= 0.6 is 0 Å². The van der Waals surface area contributed by atoms with Crippen molar-refractivity contribution in [2.24, 2.45) is 5.10 Å². The standard InChI is InChI=1S/C19H22N2O4S/c1-13-5-8-15(9-6-13)26(22,23)21-20-17-12-19(2,3)25-18-11-14(24-4)7-10-16(17)18/h5-11,21H,12H2,1-4H3/b20-17+. The molecule has 0 amide bonds. The molecule has 1 aliphatic rings. The summed E-state index contributed by atoms with van der Waals surface area (Å²) in [5, 5.41) is 4.20. The van der Waals surface area contributed by atoms with Crippen LogP contribution in [0.1, 0.15) is 31.4 Å². The quantitative estimate of drug-likeness (QED) is 0.834. The van der Waals surface area contributed by atoms with Gasteiger partial charge in [-0.25, -0.2) is 0 Å². The molecule has 0 saturated carbocycles. The normalized spacial score (nSPS) is 17.3. The highest BCUT2D eigenvalue weighted by atomic mass is 32.2. The summed E-state index contributed by atoms with van der Waals surface area (Å²) in [6.07, 6.45) is 0.475. The Labute approximate surface area is 153 Å². The van der Waals surface area contributed by atoms with Gasteiger partial charge in [-0.1, -0.05) is 17.7 Å². The van der Waals surface area contributed by atoms with Crippen molar-refractivity contribution in [3.05, 3.63) is 53.6 Å². The zero-order valence-corrected chi connectivity index (χ0v) is 16.1. The maximum Gasteiger partial charge on any atom is 0.276 e. The van der Waals surface area contributed by atoms with Crippen molar-refractivity contribution in [3.8, 4) is 11.5 Å². The molecule has 0 atom stereocenters. The number of hydrogen-bond acceptors (Lipinski definition) is 5. The van der Waals surface area contributed by atoms with Gasteiger partial charge in [0.05, 0.1) is 17.7 Å². The first-order chi connectivity index (χ1) is 12.2. The number of nitrogens with zero attached hydrogens (tertiary/aromatic N) is 1. The smallest absolute Gasteiger partial charge is 0.276 e. The molecule has 6 nitrogen and oxygen atoms in total. The lowest BCUT2D eigenvalue weighted by Gasteiger charge is -2.33. The lowest BCUT2D eigenvalue weighted by atomic mass is 9.92. The molecule has 0 radical (unpaired) electrons. The molecule has 0 spiro atoms. The Kier molecular flexibility index (Phi) is 4.66. The van der Waals surface area contributed by atoms with Crippen LogP contribution in [-0.4, -0.2) is 26.8 Å². The van der Waals surface area contributed by atoms with E-state index in [4.69, 9.17) is 9.47 Å². The van der Waals surface area contributed by atoms with Gasteiger partial charge in [0.15, 0.2) is 0 Å². The molecule has 1 aliphatic heterocycles. The number of sulfonamides is 1. The van der Waals surface area contributed by atoms with Crippen LogP contribution in [0.25, 0.3) is 0 Å². The Balaban J connectivity index is 1.94. The average Bonchev–Trinajstić information content (AvgIpc) is 2.58. The van der Waals surface area contributed by atoms with Crippen molar-refractivity contribution < 1.29 is 17.9 Å². The molecular formula is C19H22N2O4S. The van der Waals surface area contributed by atoms with Gasteiger partial charge in [0.2, 0.25) is 0 Å². The Morgan fingerprint density at radius 1 is 1.15 bits per heavy atom. The molecule has 0 unspecified atom stereocenters. The summed E-state index contributed by atoms with van der Waals surface area (Å²) in [5.41, 5.74) is 1.85. The number of methoxy groups -OCH3 is 1. The third-order valence-electron chi connectivity index (χ3n) is 4.11. The van der Waals surface area contributed by atoms with E-state index in [0.29, 0.717) is 23.6 Å². The summed E-state index contributed by atoms with van der Waals surface area (Å²) in [4.78, 5) is 2.52. The van der Waals surface area contributed by atoms with Gasteiger partial charge in [-0.05, 0) is 45.0 Å². The van der Waals surface area contributed by atoms with E-state index in [0.717, 1.165) is 11.1 Å². The van der Waals surface area contributed by atoms with Gasteiger partial charge in [-0.3, -0.25) is 0 Å². The predicted octanol–water partition coefficient (Wildman–Crippen LogP) is 3.25. The van der Waals surface area contributed by atoms with E-state index in [1.54, 1.807) is 43.5 Å². The van der Waals surface area contributed by atoms with Gasteiger partial charge in [0.25, 0.3) is 10.0 Å². The van der Waals surface area contributed by atoms with E-state index in [1.165, 1.54) is 0 Å². The molecule has 0 aliphatic carbocycles. The van der Waals surface area contributed by atoms with Gasteiger partial charge in [-0.2, -0.15) is 18.4 Å². The minimum Gasteiger partial charge on any atom is -0.497 e. The fourth-order valence-electron chi connectivity index (χ4n) is 2.77. The van der Waals surface area contributed by atoms with Gasteiger partial charge >= 0.3 is 0 Å². The zero-order valence-electron chi connectivity index (χ0n) is 15.2. The first kappa shape index (κ1) is 18.3. The molecule has 138 valence electrons. The fraction of sp³-hybridized carbons (Fsp3) is 0.316. The third-order valence-corrected chi connectivity index (χ3v) is 5.34. The van der Waals surface area contributed by atoms with Crippen LogP contribution in [0.2, 0.25) is 0 Å². The highest BCUT2D eigenvalue weighted by molar-refractivity contribution is 7.89. The third kappa shape index (κ3) is 3.83. The number of rotatable bonds is 4. The van der Waals surface area contributed by atoms with Gasteiger partial charge < -0.3 is 9.47 Å². The van der Waals surface area contributed by atoms with Crippen LogP contribution in [0, 0.1) is 6.92 Å². The van der Waals surface area contributed by atoms with Crippen molar-refractivity contribution in [2.45, 2.75) is 37.7 Å². The maximum atomic E-state index is 12.5. The van der Waals surface area contributed by atoms with Crippen LogP contribution in [0.3, 0.4) is 0 Å². The minimum absolute atomic E-state index is 0.175. The largest absolute Gasteiger partial charge is 0.497 e. The van der Waals surface area contributed by atoms with Crippen LogP contribution in [-0.2, 0) is 10.0 Å². The Hall–Kier alpha value is -2.54. The lowest BCUT2D eigenvalue weighted by molar-refractivity contribution is 0.111. The van der Waals surface area contributed by atoms with Crippen molar-refractivity contribution in [1.29, 1.82) is 0 Å². The second kappa shape index (κ2) is 6.64. The van der Waals surface area contributed by atoms with Gasteiger partial charge in [0, 0.05) is 18.1 Å². The number of nitrogens with one attached hydrogen (secondary N) is 1. The van der Waals surface area contributed by atoms with E-state index in [2.05, 4.69) is 9.93 Å². The van der Waals surface area contributed by atoms with E-state index in [-0.39, 0.29) is 4.90 Å². The molecule has 1 heterocycles. The van der Waals surface area contributed by atoms with E-state index < -0.39 is 15.6 Å². The number of fused-ring (bicyclic) bond motifs is 1. The summed E-state index contributed by atoms with van der Waals surface area (Å²) in [6.45, 7) is 5.76. The molecular weight excluding hydrogens is 352 g/mol. The summed E-state index contributed by atoms with van der Waals surface area (Å²) in [7, 11) is -2.15. The first-order valence-corrected chi connectivity index (χ1v) is 9.71. The van der Waals surface area contributed by atoms with Crippen molar-refractivity contribution in [1.82, 2.24) is 4.83 Å². The molecule has 7 heteroatoms. The van der Waals surface area contributed by atoms with Gasteiger partial charge in [0.1, 0.15) is 17.1 Å². The average molecular weight is 374 g/mol. The van der Waals surface area contributed by atoms with Crippen LogP contribution in [0.5, 0.6) is 11.5 Å². The maximum absolute atomic E-state index is 12.5. The number of aryl methyl sites for hydroxylation is 1. The molecule has 0 saturated heterocycles. The highest BCUT2D eigenvalue weighted by Crippen LogP contribution is 2.35. The van der Waals surface area contributed by atoms with Crippen LogP contribution in [0.15, 0.2) is 52.5 Å². The van der Waals surface area contributed by atoms with Crippen LogP contribution < -0.4 is 14.3 Å². The van der Waals surface area contributed by atoms with E-state index in [1.807, 2.05) is 26.8 Å². The second-order valence-corrected chi connectivity index (χ2v) is 8.53. The number of hydrazone groups is 1. The molecule has 2 aromatic rings. The molecule has 1 N–H and O–H groups in total. The Morgan fingerprint density at radius 2 is 1.85 bits per heavy atom. The van der Waals surface area contributed by atoms with Crippen LogP contribution in [0.4, 0.5) is 0 Å². The SMILES string of the molecule is COc1ccc2c(c1)OC(C)(C)C/C2=N\NS(=O)(=O)c1ccc(C)cc1. The highest BCUT2D eigenvalue weighted by Gasteiger charge is 2.32. The topological polar surface area (TPSA) is 77.0 Å². The second-order valence-electron chi connectivity index (χ2n) is 6.87. The Morgan fingerprint density at radius 3 is 2.50 bits per heavy atom. The van der Waals surface area contributed by atoms with E-state index >= 15 is 0 Å². The number of ether oxygens (including phenoxy) is 2. The molecule has 0 fully saturated rings. The lowest BCUT2D eigenvalue weighted by Crippen LogP contribution is -2.37. The zero-order chi connectivity index (χ0) is 18.9. The summed E-state index contributed by atoms with van der Waals surface area (Å²) in [6, 6.07) is 12.0. The number of benzene rings is 2. The first-order valence-electron chi connectivity index (χ1n) is 8.23. The monoisotopic (exact) mass is 374 g/mol. The number of hydrogen-bond donors (Lipinski definition) is 1. The molecule has 3 rings (SSSR count).